The Morgan fingerprint density at radius 3 is 2.40 bits per heavy atom. The third-order valence-corrected chi connectivity index (χ3v) is 5.84. The summed E-state index contributed by atoms with van der Waals surface area (Å²) in [6, 6.07) is 12.6. The molecule has 2 amide bonds. The van der Waals surface area contributed by atoms with Gasteiger partial charge in [-0.3, -0.25) is 9.59 Å². The van der Waals surface area contributed by atoms with Crippen LogP contribution in [0.25, 0.3) is 0 Å². The molecule has 160 valence electrons. The van der Waals surface area contributed by atoms with Gasteiger partial charge < -0.3 is 15.0 Å². The first-order valence-corrected chi connectivity index (χ1v) is 10.9. The molecule has 2 aromatic carbocycles. The van der Waals surface area contributed by atoms with Crippen molar-refractivity contribution >= 4 is 27.7 Å². The van der Waals surface area contributed by atoms with Crippen LogP contribution in [0, 0.1) is 5.82 Å². The van der Waals surface area contributed by atoms with E-state index in [0.717, 1.165) is 35.7 Å². The standard InChI is InChI=1S/C23H26BrFN2O3/c1-16(23(29)26-20-4-2-3-5-20)27(14-17-6-10-19(25)11-7-17)22(28)15-30-21-12-8-18(24)9-13-21/h6-13,16,20H,2-5,14-15H2,1H3,(H,26,29)/t16-/m1/s1. The molecule has 0 radical (unpaired) electrons. The van der Waals surface area contributed by atoms with E-state index >= 15 is 0 Å². The van der Waals surface area contributed by atoms with E-state index in [9.17, 15) is 14.0 Å². The number of carbonyl (C=O) groups is 2. The van der Waals surface area contributed by atoms with E-state index in [4.69, 9.17) is 4.74 Å². The number of hydrogen-bond acceptors (Lipinski definition) is 3. The fraction of sp³-hybridized carbons (Fsp3) is 0.391. The molecule has 1 saturated carbocycles. The minimum Gasteiger partial charge on any atom is -0.484 e. The Kier molecular flexibility index (Phi) is 7.85. The molecule has 7 heteroatoms. The van der Waals surface area contributed by atoms with Crippen LogP contribution < -0.4 is 10.1 Å². The molecular formula is C23H26BrFN2O3. The molecule has 1 atom stereocenters. The zero-order valence-electron chi connectivity index (χ0n) is 16.9. The smallest absolute Gasteiger partial charge is 0.261 e. The highest BCUT2D eigenvalue weighted by Gasteiger charge is 2.28. The van der Waals surface area contributed by atoms with E-state index in [1.54, 1.807) is 31.2 Å². The summed E-state index contributed by atoms with van der Waals surface area (Å²) in [6.07, 6.45) is 4.16. The second kappa shape index (κ2) is 10.6. The number of nitrogens with zero attached hydrogens (tertiary/aromatic N) is 1. The van der Waals surface area contributed by atoms with Crippen LogP contribution in [0.4, 0.5) is 4.39 Å². The fourth-order valence-electron chi connectivity index (χ4n) is 3.52. The largest absolute Gasteiger partial charge is 0.484 e. The van der Waals surface area contributed by atoms with Crippen LogP contribution in [0.1, 0.15) is 38.2 Å². The van der Waals surface area contributed by atoms with Gasteiger partial charge in [-0.25, -0.2) is 4.39 Å². The van der Waals surface area contributed by atoms with Gasteiger partial charge in [0, 0.05) is 17.1 Å². The van der Waals surface area contributed by atoms with E-state index < -0.39 is 6.04 Å². The van der Waals surface area contributed by atoms with Crippen molar-refractivity contribution in [2.75, 3.05) is 6.61 Å². The summed E-state index contributed by atoms with van der Waals surface area (Å²) in [5.74, 6) is -0.268. The van der Waals surface area contributed by atoms with Gasteiger partial charge in [0.1, 0.15) is 17.6 Å². The number of hydrogen-bond donors (Lipinski definition) is 1. The normalized spacial score (nSPS) is 14.9. The summed E-state index contributed by atoms with van der Waals surface area (Å²) in [5, 5.41) is 3.05. The average Bonchev–Trinajstić information content (AvgIpc) is 3.25. The average molecular weight is 477 g/mol. The third kappa shape index (κ3) is 6.29. The molecule has 0 aromatic heterocycles. The molecule has 30 heavy (non-hydrogen) atoms. The summed E-state index contributed by atoms with van der Waals surface area (Å²) in [5.41, 5.74) is 0.744. The van der Waals surface area contributed by atoms with Crippen molar-refractivity contribution in [3.63, 3.8) is 0 Å². The highest BCUT2D eigenvalue weighted by molar-refractivity contribution is 9.10. The molecule has 1 aliphatic carbocycles. The predicted molar refractivity (Wildman–Crippen MR) is 116 cm³/mol. The summed E-state index contributed by atoms with van der Waals surface area (Å²) >= 11 is 3.36. The summed E-state index contributed by atoms with van der Waals surface area (Å²) in [4.78, 5) is 27.2. The second-order valence-electron chi connectivity index (χ2n) is 7.56. The second-order valence-corrected chi connectivity index (χ2v) is 8.47. The van der Waals surface area contributed by atoms with Gasteiger partial charge in [-0.05, 0) is 61.7 Å². The van der Waals surface area contributed by atoms with Crippen LogP contribution in [0.2, 0.25) is 0 Å². The van der Waals surface area contributed by atoms with Crippen molar-refractivity contribution in [3.8, 4) is 5.75 Å². The van der Waals surface area contributed by atoms with Gasteiger partial charge in [0.05, 0.1) is 0 Å². The zero-order chi connectivity index (χ0) is 21.5. The van der Waals surface area contributed by atoms with Crippen molar-refractivity contribution in [2.24, 2.45) is 0 Å². The van der Waals surface area contributed by atoms with E-state index in [1.165, 1.54) is 17.0 Å². The molecule has 1 aliphatic rings. The Hall–Kier alpha value is -2.41. The monoisotopic (exact) mass is 476 g/mol. The van der Waals surface area contributed by atoms with Gasteiger partial charge >= 0.3 is 0 Å². The molecule has 0 aliphatic heterocycles. The Bertz CT molecular complexity index is 852. The molecule has 1 fully saturated rings. The number of benzene rings is 2. The van der Waals surface area contributed by atoms with Gasteiger partial charge in [0.2, 0.25) is 5.91 Å². The summed E-state index contributed by atoms with van der Waals surface area (Å²) in [6.45, 7) is 1.72. The minimum absolute atomic E-state index is 0.168. The van der Waals surface area contributed by atoms with Gasteiger partial charge in [-0.15, -0.1) is 0 Å². The van der Waals surface area contributed by atoms with Crippen molar-refractivity contribution in [1.29, 1.82) is 0 Å². The molecule has 2 aromatic rings. The van der Waals surface area contributed by atoms with Crippen LogP contribution in [0.3, 0.4) is 0 Å². The molecule has 0 unspecified atom stereocenters. The molecule has 0 spiro atoms. The molecule has 0 saturated heterocycles. The third-order valence-electron chi connectivity index (χ3n) is 5.31. The number of nitrogens with one attached hydrogen (secondary N) is 1. The summed E-state index contributed by atoms with van der Waals surface area (Å²) in [7, 11) is 0. The zero-order valence-corrected chi connectivity index (χ0v) is 18.5. The number of amides is 2. The molecule has 0 heterocycles. The maximum atomic E-state index is 13.3. The van der Waals surface area contributed by atoms with Gasteiger partial charge in [0.15, 0.2) is 6.61 Å². The molecule has 5 nitrogen and oxygen atoms in total. The maximum absolute atomic E-state index is 13.3. The first kappa shape index (κ1) is 22.3. The van der Waals surface area contributed by atoms with Crippen LogP contribution in [0.5, 0.6) is 5.75 Å². The Morgan fingerprint density at radius 1 is 1.13 bits per heavy atom. The van der Waals surface area contributed by atoms with Gasteiger partial charge in [-0.1, -0.05) is 40.9 Å². The quantitative estimate of drug-likeness (QED) is 0.612. The number of carbonyl (C=O) groups excluding carboxylic acids is 2. The molecule has 0 bridgehead atoms. The highest BCUT2D eigenvalue weighted by atomic mass is 79.9. The van der Waals surface area contributed by atoms with E-state index in [1.807, 2.05) is 12.1 Å². The SMILES string of the molecule is C[C@H](C(=O)NC1CCCC1)N(Cc1ccc(F)cc1)C(=O)COc1ccc(Br)cc1. The topological polar surface area (TPSA) is 58.6 Å². The summed E-state index contributed by atoms with van der Waals surface area (Å²) < 4.78 is 19.8. The highest BCUT2D eigenvalue weighted by Crippen LogP contribution is 2.19. The van der Waals surface area contributed by atoms with Crippen molar-refractivity contribution < 1.29 is 18.7 Å². The lowest BCUT2D eigenvalue weighted by atomic mass is 10.1. The molecule has 1 N–H and O–H groups in total. The lowest BCUT2D eigenvalue weighted by Gasteiger charge is -2.29. The van der Waals surface area contributed by atoms with Crippen molar-refractivity contribution in [1.82, 2.24) is 10.2 Å². The number of ether oxygens (including phenoxy) is 1. The van der Waals surface area contributed by atoms with Crippen LogP contribution in [-0.4, -0.2) is 35.4 Å². The first-order chi connectivity index (χ1) is 14.4. The van der Waals surface area contributed by atoms with Gasteiger partial charge in [-0.2, -0.15) is 0 Å². The van der Waals surface area contributed by atoms with Crippen LogP contribution in [-0.2, 0) is 16.1 Å². The minimum atomic E-state index is -0.670. The number of rotatable bonds is 8. The van der Waals surface area contributed by atoms with E-state index in [2.05, 4.69) is 21.2 Å². The Balaban J connectivity index is 1.69. The molecule has 3 rings (SSSR count). The van der Waals surface area contributed by atoms with E-state index in [-0.39, 0.29) is 36.8 Å². The number of halogens is 2. The Labute approximate surface area is 184 Å². The fourth-order valence-corrected chi connectivity index (χ4v) is 3.78. The van der Waals surface area contributed by atoms with Crippen molar-refractivity contribution in [2.45, 2.75) is 51.2 Å². The van der Waals surface area contributed by atoms with Gasteiger partial charge in [0.25, 0.3) is 5.91 Å². The van der Waals surface area contributed by atoms with Crippen molar-refractivity contribution in [3.05, 3.63) is 64.4 Å². The first-order valence-electron chi connectivity index (χ1n) is 10.1. The van der Waals surface area contributed by atoms with Crippen LogP contribution >= 0.6 is 15.9 Å². The maximum Gasteiger partial charge on any atom is 0.261 e. The van der Waals surface area contributed by atoms with Crippen LogP contribution in [0.15, 0.2) is 53.0 Å². The molecular weight excluding hydrogens is 451 g/mol. The predicted octanol–water partition coefficient (Wildman–Crippen LogP) is 4.44. The van der Waals surface area contributed by atoms with E-state index in [0.29, 0.717) is 5.75 Å². The lowest BCUT2D eigenvalue weighted by molar-refractivity contribution is -0.142. The Morgan fingerprint density at radius 2 is 1.77 bits per heavy atom. The lowest BCUT2D eigenvalue weighted by Crippen LogP contribution is -2.50.